The van der Waals surface area contributed by atoms with Gasteiger partial charge in [0.05, 0.1) is 6.61 Å². The third kappa shape index (κ3) is 12.2. The number of nitrogens with one attached hydrogen (secondary N) is 1. The monoisotopic (exact) mass is 751 g/mol. The Morgan fingerprint density at radius 1 is 0.727 bits per heavy atom. The first kappa shape index (κ1) is 41.5. The van der Waals surface area contributed by atoms with Crippen LogP contribution in [0.4, 0.5) is 4.79 Å². The zero-order chi connectivity index (χ0) is 38.8. The summed E-state index contributed by atoms with van der Waals surface area (Å²) >= 11 is 0. The van der Waals surface area contributed by atoms with Gasteiger partial charge in [-0.25, -0.2) is 9.59 Å². The van der Waals surface area contributed by atoms with Gasteiger partial charge in [-0.05, 0) is 78.5 Å². The van der Waals surface area contributed by atoms with Crippen LogP contribution in [0.1, 0.15) is 130 Å². The lowest BCUT2D eigenvalue weighted by Gasteiger charge is -2.33. The van der Waals surface area contributed by atoms with Gasteiger partial charge >= 0.3 is 18.0 Å². The zero-order valence-corrected chi connectivity index (χ0v) is 33.1. The average molecular weight is 752 g/mol. The van der Waals surface area contributed by atoms with Gasteiger partial charge < -0.3 is 24.6 Å². The van der Waals surface area contributed by atoms with Crippen molar-refractivity contribution >= 4 is 23.9 Å². The van der Waals surface area contributed by atoms with E-state index in [1.165, 1.54) is 78.5 Å². The normalized spacial score (nSPS) is 13.9. The Morgan fingerprint density at radius 3 is 1.91 bits per heavy atom. The molecule has 1 aliphatic heterocycles. The molecule has 0 atom stereocenters. The van der Waals surface area contributed by atoms with Crippen molar-refractivity contribution in [3.05, 3.63) is 95.1 Å². The molecule has 1 N–H and O–H groups in total. The van der Waals surface area contributed by atoms with E-state index in [9.17, 15) is 19.2 Å². The van der Waals surface area contributed by atoms with Gasteiger partial charge in [-0.2, -0.15) is 0 Å². The van der Waals surface area contributed by atoms with E-state index in [1.54, 1.807) is 24.0 Å². The standard InChI is InChI=1S/C46H61N3O6/c1-3-5-6-7-8-9-10-11-12-17-29-47-43(50)37-24-22-36(23-25-37)33-49(44(51)45(52)54-4-2)32-28-35-26-30-48(31-27-35)46(53)55-34-42-40-20-15-13-18-38(40)39-19-14-16-21-41(39)42/h13-16,18-25,35,42H,3-12,17,26-34H2,1-2H3,(H,47,50). The predicted molar refractivity (Wildman–Crippen MR) is 217 cm³/mol. The number of piperidine rings is 1. The topological polar surface area (TPSA) is 105 Å². The number of ether oxygens (including phenoxy) is 2. The van der Waals surface area contributed by atoms with E-state index in [0.29, 0.717) is 44.8 Å². The highest BCUT2D eigenvalue weighted by Crippen LogP contribution is 2.44. The molecule has 5 rings (SSSR count). The molecule has 3 amide bonds. The van der Waals surface area contributed by atoms with Gasteiger partial charge in [0.2, 0.25) is 0 Å². The number of benzene rings is 3. The number of carbonyl (C=O) groups excluding carboxylic acids is 4. The molecule has 0 saturated carbocycles. The molecular weight excluding hydrogens is 691 g/mol. The van der Waals surface area contributed by atoms with Crippen LogP contribution in [0.3, 0.4) is 0 Å². The lowest BCUT2D eigenvalue weighted by molar-refractivity contribution is -0.160. The summed E-state index contributed by atoms with van der Waals surface area (Å²) in [6.45, 7) is 6.77. The van der Waals surface area contributed by atoms with Crippen LogP contribution in [0.5, 0.6) is 0 Å². The van der Waals surface area contributed by atoms with E-state index >= 15 is 0 Å². The number of amides is 3. The SMILES string of the molecule is CCCCCCCCCCCCNC(=O)c1ccc(CN(CCC2CCN(C(=O)OCC3c4ccccc4-c4ccccc43)CC2)C(=O)C(=O)OCC)cc1. The number of hydrogen-bond donors (Lipinski definition) is 1. The first-order valence-corrected chi connectivity index (χ1v) is 20.8. The lowest BCUT2D eigenvalue weighted by atomic mass is 9.93. The van der Waals surface area contributed by atoms with Crippen molar-refractivity contribution in [2.45, 2.75) is 110 Å². The van der Waals surface area contributed by atoms with Gasteiger partial charge in [0.1, 0.15) is 6.61 Å². The molecule has 55 heavy (non-hydrogen) atoms. The smallest absolute Gasteiger partial charge is 0.409 e. The lowest BCUT2D eigenvalue weighted by Crippen LogP contribution is -2.41. The first-order valence-electron chi connectivity index (χ1n) is 20.8. The maximum Gasteiger partial charge on any atom is 0.409 e. The van der Waals surface area contributed by atoms with Gasteiger partial charge in [0, 0.05) is 44.2 Å². The number of carbonyl (C=O) groups is 4. The summed E-state index contributed by atoms with van der Waals surface area (Å²) in [7, 11) is 0. The summed E-state index contributed by atoms with van der Waals surface area (Å²) in [4.78, 5) is 54.9. The van der Waals surface area contributed by atoms with Gasteiger partial charge in [-0.1, -0.05) is 125 Å². The van der Waals surface area contributed by atoms with Crippen LogP contribution in [-0.4, -0.2) is 73.1 Å². The summed E-state index contributed by atoms with van der Waals surface area (Å²) in [6, 6.07) is 23.8. The fourth-order valence-electron chi connectivity index (χ4n) is 7.90. The third-order valence-electron chi connectivity index (χ3n) is 11.2. The zero-order valence-electron chi connectivity index (χ0n) is 33.1. The van der Waals surface area contributed by atoms with Crippen LogP contribution in [0.15, 0.2) is 72.8 Å². The number of hydrogen-bond acceptors (Lipinski definition) is 6. The molecule has 0 radical (unpaired) electrons. The van der Waals surface area contributed by atoms with Crippen LogP contribution in [0.2, 0.25) is 0 Å². The molecule has 3 aromatic carbocycles. The maximum atomic E-state index is 13.2. The van der Waals surface area contributed by atoms with Crippen molar-refractivity contribution in [3.8, 4) is 11.1 Å². The minimum absolute atomic E-state index is 0.0179. The highest BCUT2D eigenvalue weighted by Gasteiger charge is 2.31. The molecule has 3 aromatic rings. The van der Waals surface area contributed by atoms with Crippen molar-refractivity contribution in [1.29, 1.82) is 0 Å². The molecule has 9 heteroatoms. The molecule has 2 aliphatic rings. The molecule has 0 aromatic heterocycles. The van der Waals surface area contributed by atoms with Crippen molar-refractivity contribution in [3.63, 3.8) is 0 Å². The summed E-state index contributed by atoms with van der Waals surface area (Å²) in [5, 5.41) is 3.03. The molecule has 296 valence electrons. The molecule has 1 fully saturated rings. The second-order valence-electron chi connectivity index (χ2n) is 15.1. The highest BCUT2D eigenvalue weighted by molar-refractivity contribution is 6.32. The Morgan fingerprint density at radius 2 is 1.31 bits per heavy atom. The van der Waals surface area contributed by atoms with E-state index < -0.39 is 11.9 Å². The highest BCUT2D eigenvalue weighted by atomic mass is 16.6. The number of fused-ring (bicyclic) bond motifs is 3. The maximum absolute atomic E-state index is 13.2. The van der Waals surface area contributed by atoms with E-state index in [1.807, 2.05) is 36.4 Å². The van der Waals surface area contributed by atoms with Crippen molar-refractivity contribution in [2.75, 3.05) is 39.4 Å². The molecule has 1 aliphatic carbocycles. The predicted octanol–water partition coefficient (Wildman–Crippen LogP) is 9.28. The van der Waals surface area contributed by atoms with E-state index in [2.05, 4.69) is 36.5 Å². The van der Waals surface area contributed by atoms with Gasteiger partial charge in [0.15, 0.2) is 0 Å². The summed E-state index contributed by atoms with van der Waals surface area (Å²) < 4.78 is 10.9. The molecule has 0 bridgehead atoms. The second-order valence-corrected chi connectivity index (χ2v) is 15.1. The fourth-order valence-corrected chi connectivity index (χ4v) is 7.90. The first-order chi connectivity index (χ1) is 26.9. The van der Waals surface area contributed by atoms with E-state index in [-0.39, 0.29) is 37.0 Å². The summed E-state index contributed by atoms with van der Waals surface area (Å²) in [6.07, 6.45) is 14.5. The van der Waals surface area contributed by atoms with Crippen molar-refractivity contribution in [2.24, 2.45) is 5.92 Å². The Balaban J connectivity index is 1.04. The van der Waals surface area contributed by atoms with Crippen LogP contribution < -0.4 is 5.32 Å². The minimum atomic E-state index is -0.865. The molecule has 0 unspecified atom stereocenters. The van der Waals surface area contributed by atoms with Crippen LogP contribution in [0, 0.1) is 5.92 Å². The molecular formula is C46H61N3O6. The Kier molecular flexibility index (Phi) is 16.6. The molecule has 0 spiro atoms. The number of rotatable bonds is 20. The summed E-state index contributed by atoms with van der Waals surface area (Å²) in [5.74, 6) is -1.33. The molecule has 1 heterocycles. The fraction of sp³-hybridized carbons (Fsp3) is 0.522. The third-order valence-corrected chi connectivity index (χ3v) is 11.2. The number of unbranched alkanes of at least 4 members (excludes halogenated alkanes) is 9. The second kappa shape index (κ2) is 22.0. The number of nitrogens with zero attached hydrogens (tertiary/aromatic N) is 2. The number of esters is 1. The summed E-state index contributed by atoms with van der Waals surface area (Å²) in [5.41, 5.74) is 6.17. The van der Waals surface area contributed by atoms with Gasteiger partial charge in [0.25, 0.3) is 5.91 Å². The van der Waals surface area contributed by atoms with Crippen molar-refractivity contribution < 1.29 is 28.7 Å². The Labute approximate surface area is 328 Å². The minimum Gasteiger partial charge on any atom is -0.459 e. The van der Waals surface area contributed by atoms with E-state index in [0.717, 1.165) is 31.2 Å². The average Bonchev–Trinajstić information content (AvgIpc) is 3.54. The van der Waals surface area contributed by atoms with Crippen LogP contribution >= 0.6 is 0 Å². The molecule has 1 saturated heterocycles. The quantitative estimate of drug-likeness (QED) is 0.0701. The Bertz CT molecular complexity index is 1640. The number of likely N-dealkylation sites (tertiary alicyclic amines) is 1. The van der Waals surface area contributed by atoms with Gasteiger partial charge in [-0.3, -0.25) is 9.59 Å². The van der Waals surface area contributed by atoms with Crippen LogP contribution in [-0.2, 0) is 25.6 Å². The molecule has 9 nitrogen and oxygen atoms in total. The van der Waals surface area contributed by atoms with Crippen molar-refractivity contribution in [1.82, 2.24) is 15.1 Å². The van der Waals surface area contributed by atoms with E-state index in [4.69, 9.17) is 9.47 Å². The Hall–Kier alpha value is -4.66. The van der Waals surface area contributed by atoms with Crippen LogP contribution in [0.25, 0.3) is 11.1 Å². The largest absolute Gasteiger partial charge is 0.459 e. The van der Waals surface area contributed by atoms with Gasteiger partial charge in [-0.15, -0.1) is 0 Å².